The summed E-state index contributed by atoms with van der Waals surface area (Å²) < 4.78 is 28.8. The van der Waals surface area contributed by atoms with Crippen molar-refractivity contribution in [3.63, 3.8) is 0 Å². The molecule has 1 N–H and O–H groups in total. The maximum absolute atomic E-state index is 12.4. The van der Waals surface area contributed by atoms with E-state index in [0.717, 1.165) is 18.5 Å². The van der Waals surface area contributed by atoms with Gasteiger partial charge in [-0.15, -0.1) is 4.40 Å². The Kier molecular flexibility index (Phi) is 5.82. The van der Waals surface area contributed by atoms with Crippen LogP contribution in [0.25, 0.3) is 0 Å². The molecule has 0 spiro atoms. The maximum atomic E-state index is 12.4. The Morgan fingerprint density at radius 1 is 1.15 bits per heavy atom. The first-order valence-corrected chi connectivity index (χ1v) is 10.3. The van der Waals surface area contributed by atoms with E-state index in [0.29, 0.717) is 23.0 Å². The molecule has 2 aromatic carbocycles. The second-order valence-corrected chi connectivity index (χ2v) is 8.42. The maximum Gasteiger partial charge on any atom is 0.283 e. The van der Waals surface area contributed by atoms with Crippen LogP contribution in [0.1, 0.15) is 18.4 Å². The number of amides is 1. The molecule has 0 atom stereocenters. The Balaban J connectivity index is 1.66. The van der Waals surface area contributed by atoms with E-state index < -0.39 is 10.0 Å². The number of carbonyl (C=O) groups excluding carboxylic acids is 1. The summed E-state index contributed by atoms with van der Waals surface area (Å²) in [6.07, 6.45) is 1.77. The van der Waals surface area contributed by atoms with Gasteiger partial charge in [0.15, 0.2) is 0 Å². The van der Waals surface area contributed by atoms with Crippen LogP contribution in [-0.4, -0.2) is 38.7 Å². The largest absolute Gasteiger partial charge is 0.362 e. The van der Waals surface area contributed by atoms with Crippen molar-refractivity contribution in [3.05, 3.63) is 59.1 Å². The number of amidine groups is 1. The predicted octanol–water partition coefficient (Wildman–Crippen LogP) is 3.33. The van der Waals surface area contributed by atoms with Gasteiger partial charge in [0, 0.05) is 30.7 Å². The molecule has 1 saturated heterocycles. The lowest BCUT2D eigenvalue weighted by Crippen LogP contribution is -2.20. The lowest BCUT2D eigenvalue weighted by Gasteiger charge is -2.11. The quantitative estimate of drug-likeness (QED) is 0.827. The molecular formula is C19H20ClN3O3S. The summed E-state index contributed by atoms with van der Waals surface area (Å²) in [5.41, 5.74) is 1.37. The van der Waals surface area contributed by atoms with Gasteiger partial charge < -0.3 is 10.2 Å². The number of rotatable bonds is 5. The number of likely N-dealkylation sites (tertiary alicyclic amines) is 1. The second kappa shape index (κ2) is 8.10. The Hall–Kier alpha value is -2.38. The van der Waals surface area contributed by atoms with Crippen molar-refractivity contribution in [1.82, 2.24) is 4.90 Å². The van der Waals surface area contributed by atoms with Gasteiger partial charge in [0.1, 0.15) is 5.84 Å². The van der Waals surface area contributed by atoms with E-state index in [4.69, 9.17) is 11.6 Å². The fraction of sp³-hybridized carbons (Fsp3) is 0.263. The molecule has 1 fully saturated rings. The van der Waals surface area contributed by atoms with Gasteiger partial charge in [0.2, 0.25) is 5.91 Å². The summed E-state index contributed by atoms with van der Waals surface area (Å²) in [5.74, 6) is 0.385. The molecule has 0 aromatic heterocycles. The highest BCUT2D eigenvalue weighted by molar-refractivity contribution is 7.90. The van der Waals surface area contributed by atoms with Gasteiger partial charge in [0.05, 0.1) is 11.3 Å². The Bertz CT molecular complexity index is 955. The van der Waals surface area contributed by atoms with Gasteiger partial charge >= 0.3 is 0 Å². The molecule has 1 aliphatic heterocycles. The highest BCUT2D eigenvalue weighted by Crippen LogP contribution is 2.19. The van der Waals surface area contributed by atoms with E-state index in [2.05, 4.69) is 9.71 Å². The third-order valence-corrected chi connectivity index (χ3v) is 5.84. The first kappa shape index (κ1) is 19.4. The van der Waals surface area contributed by atoms with E-state index >= 15 is 0 Å². The molecule has 6 nitrogen and oxygen atoms in total. The van der Waals surface area contributed by atoms with Crippen molar-refractivity contribution in [2.75, 3.05) is 18.9 Å². The fourth-order valence-electron chi connectivity index (χ4n) is 2.80. The second-order valence-electron chi connectivity index (χ2n) is 6.38. The third-order valence-electron chi connectivity index (χ3n) is 4.27. The van der Waals surface area contributed by atoms with Gasteiger partial charge in [-0.25, -0.2) is 0 Å². The highest BCUT2D eigenvalue weighted by Gasteiger charge is 2.20. The Morgan fingerprint density at radius 2 is 1.81 bits per heavy atom. The minimum atomic E-state index is -3.75. The van der Waals surface area contributed by atoms with Crippen molar-refractivity contribution in [2.24, 2.45) is 4.40 Å². The van der Waals surface area contributed by atoms with Crippen molar-refractivity contribution in [3.8, 4) is 0 Å². The molecule has 0 radical (unpaired) electrons. The summed E-state index contributed by atoms with van der Waals surface area (Å²) in [6, 6.07) is 13.1. The van der Waals surface area contributed by atoms with E-state index in [-0.39, 0.29) is 17.2 Å². The fourth-order valence-corrected chi connectivity index (χ4v) is 4.02. The highest BCUT2D eigenvalue weighted by atomic mass is 35.5. The normalized spacial score (nSPS) is 15.9. The van der Waals surface area contributed by atoms with Crippen LogP contribution in [0.4, 0.5) is 5.69 Å². The molecule has 27 heavy (non-hydrogen) atoms. The number of nitrogens with one attached hydrogen (secondary N) is 1. The van der Waals surface area contributed by atoms with Crippen LogP contribution in [0.15, 0.2) is 57.8 Å². The summed E-state index contributed by atoms with van der Waals surface area (Å²) >= 11 is 5.83. The molecule has 1 heterocycles. The van der Waals surface area contributed by atoms with Gasteiger partial charge in [-0.05, 0) is 48.4 Å². The number of hydrogen-bond donors (Lipinski definition) is 1. The zero-order chi connectivity index (χ0) is 19.4. The molecule has 0 unspecified atom stereocenters. The zero-order valence-corrected chi connectivity index (χ0v) is 16.4. The van der Waals surface area contributed by atoms with Gasteiger partial charge in [-0.2, -0.15) is 8.42 Å². The molecule has 2 aromatic rings. The summed E-state index contributed by atoms with van der Waals surface area (Å²) in [7, 11) is -1.92. The van der Waals surface area contributed by atoms with E-state index in [1.165, 1.54) is 12.1 Å². The molecule has 0 bridgehead atoms. The number of carbonyl (C=O) groups is 1. The number of halogens is 1. The van der Waals surface area contributed by atoms with Crippen molar-refractivity contribution in [1.29, 1.82) is 0 Å². The molecule has 0 aliphatic carbocycles. The van der Waals surface area contributed by atoms with E-state index in [1.807, 2.05) is 11.9 Å². The zero-order valence-electron chi connectivity index (χ0n) is 14.9. The predicted molar refractivity (Wildman–Crippen MR) is 107 cm³/mol. The average molecular weight is 406 g/mol. The summed E-state index contributed by atoms with van der Waals surface area (Å²) in [5, 5.41) is 3.37. The van der Waals surface area contributed by atoms with E-state index in [1.54, 1.807) is 36.4 Å². The van der Waals surface area contributed by atoms with Gasteiger partial charge in [0.25, 0.3) is 10.0 Å². The van der Waals surface area contributed by atoms with Gasteiger partial charge in [-0.1, -0.05) is 23.7 Å². The lowest BCUT2D eigenvalue weighted by atomic mass is 10.1. The molecule has 1 amide bonds. The minimum absolute atomic E-state index is 0.103. The average Bonchev–Trinajstić information content (AvgIpc) is 3.01. The van der Waals surface area contributed by atoms with Crippen LogP contribution in [0.3, 0.4) is 0 Å². The van der Waals surface area contributed by atoms with Gasteiger partial charge in [-0.3, -0.25) is 4.79 Å². The smallest absolute Gasteiger partial charge is 0.283 e. The van der Waals surface area contributed by atoms with Crippen LogP contribution >= 0.6 is 11.6 Å². The van der Waals surface area contributed by atoms with Crippen molar-refractivity contribution >= 4 is 39.1 Å². The van der Waals surface area contributed by atoms with Crippen molar-refractivity contribution < 1.29 is 13.2 Å². The number of benzene rings is 2. The molecule has 1 aliphatic rings. The Labute approximate surface area is 163 Å². The summed E-state index contributed by atoms with van der Waals surface area (Å²) in [6.45, 7) is 0.812. The standard InChI is InChI=1S/C19H20ClN3O3S/c1-23-12-2-3-18(23)22-27(25,26)17-10-8-16(9-11-17)21-19(24)13-14-4-6-15(20)7-5-14/h4-11H,2-3,12-13H2,1H3,(H,21,24)/b22-18-. The molecular weight excluding hydrogens is 386 g/mol. The number of anilines is 1. The molecule has 0 saturated carbocycles. The minimum Gasteiger partial charge on any atom is -0.362 e. The van der Waals surface area contributed by atoms with E-state index in [9.17, 15) is 13.2 Å². The first-order chi connectivity index (χ1) is 12.8. The SMILES string of the molecule is CN1CCC/C1=N/S(=O)(=O)c1ccc(NC(=O)Cc2ccc(Cl)cc2)cc1. The van der Waals surface area contributed by atoms with Crippen LogP contribution in [0.5, 0.6) is 0 Å². The Morgan fingerprint density at radius 3 is 2.41 bits per heavy atom. The van der Waals surface area contributed by atoms with Crippen LogP contribution < -0.4 is 5.32 Å². The van der Waals surface area contributed by atoms with Crippen LogP contribution in [-0.2, 0) is 21.2 Å². The summed E-state index contributed by atoms with van der Waals surface area (Å²) in [4.78, 5) is 14.1. The topological polar surface area (TPSA) is 78.8 Å². The third kappa shape index (κ3) is 5.08. The lowest BCUT2D eigenvalue weighted by molar-refractivity contribution is -0.115. The number of sulfonamides is 1. The monoisotopic (exact) mass is 405 g/mol. The molecule has 142 valence electrons. The number of nitrogens with zero attached hydrogens (tertiary/aromatic N) is 2. The van der Waals surface area contributed by atoms with Crippen LogP contribution in [0, 0.1) is 0 Å². The molecule has 8 heteroatoms. The molecule has 3 rings (SSSR count). The van der Waals surface area contributed by atoms with Crippen molar-refractivity contribution in [2.45, 2.75) is 24.2 Å². The first-order valence-electron chi connectivity index (χ1n) is 8.53. The number of hydrogen-bond acceptors (Lipinski definition) is 3. The van der Waals surface area contributed by atoms with Crippen LogP contribution in [0.2, 0.25) is 5.02 Å².